The van der Waals surface area contributed by atoms with Gasteiger partial charge in [-0.15, -0.1) is 11.3 Å². The van der Waals surface area contributed by atoms with Gasteiger partial charge in [0.15, 0.2) is 0 Å². The van der Waals surface area contributed by atoms with E-state index in [0.29, 0.717) is 16.0 Å². The Morgan fingerprint density at radius 1 is 1.24 bits per heavy atom. The first-order chi connectivity index (χ1) is 11.7. The summed E-state index contributed by atoms with van der Waals surface area (Å²) < 4.78 is 38.2. The number of fused-ring (bicyclic) bond motifs is 1. The van der Waals surface area contributed by atoms with E-state index in [1.807, 2.05) is 0 Å². The van der Waals surface area contributed by atoms with Gasteiger partial charge in [-0.3, -0.25) is 0 Å². The van der Waals surface area contributed by atoms with Crippen molar-refractivity contribution in [2.45, 2.75) is 25.4 Å². The van der Waals surface area contributed by atoms with Crippen molar-refractivity contribution in [3.05, 3.63) is 10.9 Å². The highest BCUT2D eigenvalue weighted by atomic mass is 32.1. The lowest BCUT2D eigenvalue weighted by Gasteiger charge is -2.24. The van der Waals surface area contributed by atoms with Crippen molar-refractivity contribution in [3.8, 4) is 0 Å². The molecule has 2 N–H and O–H groups in total. The van der Waals surface area contributed by atoms with Crippen LogP contribution in [0.3, 0.4) is 0 Å². The summed E-state index contributed by atoms with van der Waals surface area (Å²) in [6.07, 6.45) is -2.96. The molecular weight excluding hydrogens is 351 g/mol. The van der Waals surface area contributed by atoms with Gasteiger partial charge in [-0.25, -0.2) is 4.98 Å². The van der Waals surface area contributed by atoms with Crippen LogP contribution in [0.15, 0.2) is 6.07 Å². The van der Waals surface area contributed by atoms with Gasteiger partial charge in [-0.1, -0.05) is 0 Å². The average Bonchev–Trinajstić information content (AvgIpc) is 3.16. The lowest BCUT2D eigenvalue weighted by Crippen LogP contribution is -2.30. The molecule has 0 amide bonds. The fourth-order valence-electron chi connectivity index (χ4n) is 4.11. The second-order valence-corrected chi connectivity index (χ2v) is 8.40. The van der Waals surface area contributed by atoms with Gasteiger partial charge in [0.25, 0.3) is 0 Å². The first-order valence-electron chi connectivity index (χ1n) is 8.29. The van der Waals surface area contributed by atoms with Crippen molar-refractivity contribution in [3.63, 3.8) is 0 Å². The zero-order valence-corrected chi connectivity index (χ0v) is 14.8. The summed E-state index contributed by atoms with van der Waals surface area (Å²) in [5, 5.41) is 0.682. The van der Waals surface area contributed by atoms with E-state index in [1.54, 1.807) is 6.07 Å². The molecule has 2 aliphatic heterocycles. The number of aromatic nitrogens is 2. The predicted octanol–water partition coefficient (Wildman–Crippen LogP) is 2.91. The lowest BCUT2D eigenvalue weighted by atomic mass is 9.86. The molecule has 0 radical (unpaired) electrons. The summed E-state index contributed by atoms with van der Waals surface area (Å²) in [5.41, 5.74) is 6.08. The SMILES string of the molecule is CN1CCC2(CCN(c3nc(N)nc4sc(CC(F)(F)F)cc34)C2)C1. The van der Waals surface area contributed by atoms with Gasteiger partial charge in [0.1, 0.15) is 10.6 Å². The third-order valence-electron chi connectivity index (χ3n) is 5.18. The quantitative estimate of drug-likeness (QED) is 0.880. The number of nitrogens with two attached hydrogens (primary N) is 1. The number of hydrogen-bond acceptors (Lipinski definition) is 6. The molecule has 25 heavy (non-hydrogen) atoms. The van der Waals surface area contributed by atoms with E-state index in [2.05, 4.69) is 26.8 Å². The summed E-state index contributed by atoms with van der Waals surface area (Å²) in [4.78, 5) is 13.8. The molecule has 136 valence electrons. The van der Waals surface area contributed by atoms with Crippen LogP contribution in [-0.4, -0.2) is 54.3 Å². The molecule has 0 bridgehead atoms. The van der Waals surface area contributed by atoms with Crippen LogP contribution in [0.4, 0.5) is 24.9 Å². The zero-order valence-electron chi connectivity index (χ0n) is 13.9. The minimum atomic E-state index is -4.23. The number of hydrogen-bond donors (Lipinski definition) is 1. The number of nitrogen functional groups attached to an aromatic ring is 1. The van der Waals surface area contributed by atoms with Crippen LogP contribution in [0, 0.1) is 5.41 Å². The normalized spacial score (nSPS) is 24.9. The van der Waals surface area contributed by atoms with E-state index in [0.717, 1.165) is 50.4 Å². The fraction of sp³-hybridized carbons (Fsp3) is 0.625. The van der Waals surface area contributed by atoms with Gasteiger partial charge in [0, 0.05) is 29.9 Å². The number of likely N-dealkylation sites (tertiary alicyclic amines) is 1. The van der Waals surface area contributed by atoms with Crippen molar-refractivity contribution in [2.24, 2.45) is 5.41 Å². The van der Waals surface area contributed by atoms with E-state index < -0.39 is 12.6 Å². The van der Waals surface area contributed by atoms with Gasteiger partial charge in [-0.2, -0.15) is 18.2 Å². The van der Waals surface area contributed by atoms with E-state index in [-0.39, 0.29) is 16.2 Å². The van der Waals surface area contributed by atoms with Crippen LogP contribution < -0.4 is 10.6 Å². The van der Waals surface area contributed by atoms with Crippen LogP contribution in [0.2, 0.25) is 0 Å². The Bertz CT molecular complexity index is 805. The van der Waals surface area contributed by atoms with Crippen molar-refractivity contribution in [1.29, 1.82) is 0 Å². The van der Waals surface area contributed by atoms with Crippen molar-refractivity contribution in [1.82, 2.24) is 14.9 Å². The molecule has 4 heterocycles. The molecule has 0 aromatic carbocycles. The topological polar surface area (TPSA) is 58.3 Å². The number of rotatable bonds is 2. The molecule has 0 saturated carbocycles. The number of alkyl halides is 3. The molecule has 9 heteroatoms. The molecule has 2 aromatic rings. The summed E-state index contributed by atoms with van der Waals surface area (Å²) in [7, 11) is 2.13. The average molecular weight is 371 g/mol. The Labute approximate surface area is 147 Å². The highest BCUT2D eigenvalue weighted by Gasteiger charge is 2.43. The summed E-state index contributed by atoms with van der Waals surface area (Å²) >= 11 is 1.05. The van der Waals surface area contributed by atoms with Gasteiger partial charge in [0.2, 0.25) is 5.95 Å². The Morgan fingerprint density at radius 2 is 2.00 bits per heavy atom. The molecule has 2 fully saturated rings. The molecule has 2 aromatic heterocycles. The van der Waals surface area contributed by atoms with E-state index >= 15 is 0 Å². The fourth-order valence-corrected chi connectivity index (χ4v) is 5.17. The third kappa shape index (κ3) is 3.27. The van der Waals surface area contributed by atoms with Crippen molar-refractivity contribution in [2.75, 3.05) is 43.9 Å². The van der Waals surface area contributed by atoms with Crippen LogP contribution in [-0.2, 0) is 6.42 Å². The molecule has 1 spiro atoms. The van der Waals surface area contributed by atoms with Crippen LogP contribution in [0.1, 0.15) is 17.7 Å². The Balaban J connectivity index is 1.67. The van der Waals surface area contributed by atoms with Gasteiger partial charge in [-0.05, 0) is 32.5 Å². The molecule has 2 saturated heterocycles. The van der Waals surface area contributed by atoms with Crippen molar-refractivity contribution < 1.29 is 13.2 Å². The molecule has 4 rings (SSSR count). The molecule has 2 aliphatic rings. The number of anilines is 2. The maximum absolute atomic E-state index is 12.7. The minimum absolute atomic E-state index is 0.118. The predicted molar refractivity (Wildman–Crippen MR) is 93.0 cm³/mol. The first-order valence-corrected chi connectivity index (χ1v) is 9.11. The maximum atomic E-state index is 12.7. The largest absolute Gasteiger partial charge is 0.393 e. The first kappa shape index (κ1) is 16.8. The highest BCUT2D eigenvalue weighted by molar-refractivity contribution is 7.18. The smallest absolute Gasteiger partial charge is 0.368 e. The summed E-state index contributed by atoms with van der Waals surface area (Å²) in [6.45, 7) is 3.86. The number of nitrogens with zero attached hydrogens (tertiary/aromatic N) is 4. The monoisotopic (exact) mass is 371 g/mol. The molecule has 0 aliphatic carbocycles. The van der Waals surface area contributed by atoms with Crippen LogP contribution >= 0.6 is 11.3 Å². The number of thiophene rings is 1. The Hall–Kier alpha value is -1.61. The zero-order chi connectivity index (χ0) is 17.8. The molecule has 5 nitrogen and oxygen atoms in total. The Morgan fingerprint density at radius 3 is 2.68 bits per heavy atom. The highest BCUT2D eigenvalue weighted by Crippen LogP contribution is 2.42. The lowest BCUT2D eigenvalue weighted by molar-refractivity contribution is -0.126. The minimum Gasteiger partial charge on any atom is -0.368 e. The number of halogens is 3. The van der Waals surface area contributed by atoms with Crippen LogP contribution in [0.25, 0.3) is 10.2 Å². The second-order valence-electron chi connectivity index (χ2n) is 7.29. The van der Waals surface area contributed by atoms with Gasteiger partial charge >= 0.3 is 6.18 Å². The second kappa shape index (κ2) is 5.70. The van der Waals surface area contributed by atoms with E-state index in [4.69, 9.17) is 5.73 Å². The van der Waals surface area contributed by atoms with E-state index in [1.165, 1.54) is 0 Å². The van der Waals surface area contributed by atoms with Crippen LogP contribution in [0.5, 0.6) is 0 Å². The Kier molecular flexibility index (Phi) is 3.84. The van der Waals surface area contributed by atoms with Gasteiger partial charge in [0.05, 0.1) is 11.8 Å². The van der Waals surface area contributed by atoms with Gasteiger partial charge < -0.3 is 15.5 Å². The van der Waals surface area contributed by atoms with E-state index in [9.17, 15) is 13.2 Å². The summed E-state index contributed by atoms with van der Waals surface area (Å²) in [6, 6.07) is 1.58. The molecule has 1 unspecified atom stereocenters. The maximum Gasteiger partial charge on any atom is 0.393 e. The third-order valence-corrected chi connectivity index (χ3v) is 6.21. The van der Waals surface area contributed by atoms with Crippen molar-refractivity contribution >= 4 is 33.3 Å². The summed E-state index contributed by atoms with van der Waals surface area (Å²) in [5.74, 6) is 0.797. The molecule has 1 atom stereocenters. The molecular formula is C16H20F3N5S. The standard InChI is InChI=1S/C16H20F3N5S/c1-23-4-2-15(8-23)3-5-24(9-15)12-11-6-10(7-16(17,18)19)25-13(11)22-14(20)21-12/h6H,2-5,7-9H2,1H3,(H2,20,21,22).